The number of nitrogens with zero attached hydrogens (tertiary/aromatic N) is 2. The molecule has 1 aliphatic rings. The summed E-state index contributed by atoms with van der Waals surface area (Å²) in [6, 6.07) is 5.00. The molecule has 3 heterocycles. The number of sulfone groups is 1. The van der Waals surface area contributed by atoms with Crippen LogP contribution in [0.4, 0.5) is 5.82 Å². The predicted molar refractivity (Wildman–Crippen MR) is 85.6 cm³/mol. The van der Waals surface area contributed by atoms with Gasteiger partial charge in [-0.15, -0.1) is 0 Å². The Hall–Kier alpha value is -2.35. The number of aryl methyl sites for hydroxylation is 1. The third-order valence-electron chi connectivity index (χ3n) is 3.64. The van der Waals surface area contributed by atoms with Crippen molar-refractivity contribution in [1.82, 2.24) is 9.78 Å². The smallest absolute Gasteiger partial charge is 0.249 e. The lowest BCUT2D eigenvalue weighted by atomic mass is 10.3. The van der Waals surface area contributed by atoms with Crippen molar-refractivity contribution in [2.75, 3.05) is 16.8 Å². The molecular weight excluding hydrogens is 318 g/mol. The van der Waals surface area contributed by atoms with Crippen LogP contribution in [0.3, 0.4) is 0 Å². The fourth-order valence-corrected chi connectivity index (χ4v) is 4.23. The van der Waals surface area contributed by atoms with Gasteiger partial charge in [-0.3, -0.25) is 4.79 Å². The molecule has 122 valence electrons. The van der Waals surface area contributed by atoms with Crippen LogP contribution in [0, 0.1) is 6.92 Å². The number of rotatable bonds is 4. The molecule has 1 saturated heterocycles. The number of anilines is 1. The summed E-state index contributed by atoms with van der Waals surface area (Å²) < 4.78 is 30.1. The number of hydrogen-bond donors (Lipinski definition) is 1. The Morgan fingerprint density at radius 2 is 2.26 bits per heavy atom. The summed E-state index contributed by atoms with van der Waals surface area (Å²) in [6.45, 7) is 1.83. The molecule has 1 aliphatic heterocycles. The van der Waals surface area contributed by atoms with Crippen LogP contribution in [-0.4, -0.2) is 35.6 Å². The molecule has 3 rings (SSSR count). The highest BCUT2D eigenvalue weighted by molar-refractivity contribution is 7.91. The van der Waals surface area contributed by atoms with Crippen LogP contribution in [0.1, 0.15) is 24.0 Å². The lowest BCUT2D eigenvalue weighted by molar-refractivity contribution is -0.111. The quantitative estimate of drug-likeness (QED) is 0.860. The van der Waals surface area contributed by atoms with Gasteiger partial charge in [-0.2, -0.15) is 5.10 Å². The molecule has 0 aliphatic carbocycles. The van der Waals surface area contributed by atoms with Crippen molar-refractivity contribution in [3.63, 3.8) is 0 Å². The molecule has 1 unspecified atom stereocenters. The predicted octanol–water partition coefficient (Wildman–Crippen LogP) is 1.80. The van der Waals surface area contributed by atoms with Crippen molar-refractivity contribution in [2.24, 2.45) is 0 Å². The summed E-state index contributed by atoms with van der Waals surface area (Å²) in [5.74, 6) is 1.72. The van der Waals surface area contributed by atoms with Crippen molar-refractivity contribution in [1.29, 1.82) is 0 Å². The first-order chi connectivity index (χ1) is 10.9. The highest BCUT2D eigenvalue weighted by Gasteiger charge is 2.30. The number of carbonyl (C=O) groups is 1. The van der Waals surface area contributed by atoms with Gasteiger partial charge < -0.3 is 9.73 Å². The molecule has 1 amide bonds. The first-order valence-electron chi connectivity index (χ1n) is 7.22. The van der Waals surface area contributed by atoms with Crippen LogP contribution in [-0.2, 0) is 14.6 Å². The van der Waals surface area contributed by atoms with Crippen LogP contribution in [0.2, 0.25) is 0 Å². The Morgan fingerprint density at radius 1 is 1.43 bits per heavy atom. The van der Waals surface area contributed by atoms with E-state index in [1.807, 2.05) is 13.0 Å². The molecule has 1 atom stereocenters. The first-order valence-corrected chi connectivity index (χ1v) is 9.04. The lowest BCUT2D eigenvalue weighted by Gasteiger charge is -2.12. The minimum Gasteiger partial charge on any atom is -0.462 e. The molecule has 0 aromatic carbocycles. The summed E-state index contributed by atoms with van der Waals surface area (Å²) in [4.78, 5) is 12.0. The van der Waals surface area contributed by atoms with Gasteiger partial charge in [0.2, 0.25) is 5.91 Å². The zero-order valence-corrected chi connectivity index (χ0v) is 13.4. The van der Waals surface area contributed by atoms with Crippen molar-refractivity contribution in [3.8, 4) is 0 Å². The van der Waals surface area contributed by atoms with Gasteiger partial charge in [0.15, 0.2) is 9.84 Å². The van der Waals surface area contributed by atoms with Crippen LogP contribution in [0.15, 0.2) is 34.9 Å². The molecule has 0 bridgehead atoms. The molecular formula is C15H17N3O4S. The second-order valence-electron chi connectivity index (χ2n) is 5.49. The van der Waals surface area contributed by atoms with Gasteiger partial charge >= 0.3 is 0 Å². The van der Waals surface area contributed by atoms with Crippen molar-refractivity contribution >= 4 is 27.6 Å². The van der Waals surface area contributed by atoms with Gasteiger partial charge in [0, 0.05) is 12.1 Å². The molecule has 2 aromatic rings. The van der Waals surface area contributed by atoms with Gasteiger partial charge in [0.25, 0.3) is 0 Å². The van der Waals surface area contributed by atoms with E-state index in [0.29, 0.717) is 18.0 Å². The van der Waals surface area contributed by atoms with E-state index in [1.54, 1.807) is 29.1 Å². The van der Waals surface area contributed by atoms with Crippen LogP contribution in [0.25, 0.3) is 6.08 Å². The third kappa shape index (κ3) is 3.70. The van der Waals surface area contributed by atoms with Gasteiger partial charge in [-0.25, -0.2) is 13.1 Å². The number of nitrogens with one attached hydrogen (secondary N) is 1. The largest absolute Gasteiger partial charge is 0.462 e. The van der Waals surface area contributed by atoms with E-state index in [9.17, 15) is 13.2 Å². The van der Waals surface area contributed by atoms with Gasteiger partial charge in [-0.05, 0) is 31.6 Å². The van der Waals surface area contributed by atoms with E-state index in [2.05, 4.69) is 10.4 Å². The standard InChI is InChI=1S/C15H17N3O4S/c1-11-2-3-13(22-11)4-5-15(19)17-14-6-8-16-18(14)12-7-9-23(20,21)10-12/h2-6,8,12H,7,9-10H2,1H3,(H,17,19)/b5-4+. The number of hydrogen-bond acceptors (Lipinski definition) is 5. The van der Waals surface area contributed by atoms with E-state index in [1.165, 1.54) is 6.08 Å². The zero-order chi connectivity index (χ0) is 16.4. The van der Waals surface area contributed by atoms with Crippen LogP contribution < -0.4 is 5.32 Å². The van der Waals surface area contributed by atoms with Gasteiger partial charge in [0.1, 0.15) is 17.3 Å². The summed E-state index contributed by atoms with van der Waals surface area (Å²) >= 11 is 0. The summed E-state index contributed by atoms with van der Waals surface area (Å²) in [5.41, 5.74) is 0. The summed E-state index contributed by atoms with van der Waals surface area (Å²) in [7, 11) is -3.01. The monoisotopic (exact) mass is 335 g/mol. The minimum absolute atomic E-state index is 0.0546. The Morgan fingerprint density at radius 3 is 2.91 bits per heavy atom. The van der Waals surface area contributed by atoms with E-state index >= 15 is 0 Å². The molecule has 1 fully saturated rings. The Bertz CT molecular complexity index is 848. The van der Waals surface area contributed by atoms with Crippen molar-refractivity contribution < 1.29 is 17.6 Å². The van der Waals surface area contributed by atoms with E-state index in [-0.39, 0.29) is 23.5 Å². The number of carbonyl (C=O) groups excluding carboxylic acids is 1. The Balaban J connectivity index is 1.68. The molecule has 23 heavy (non-hydrogen) atoms. The third-order valence-corrected chi connectivity index (χ3v) is 5.39. The molecule has 7 nitrogen and oxygen atoms in total. The molecule has 0 radical (unpaired) electrons. The average molecular weight is 335 g/mol. The SMILES string of the molecule is Cc1ccc(/C=C/C(=O)Nc2ccnn2C2CCS(=O)(=O)C2)o1. The maximum absolute atomic E-state index is 12.0. The second kappa shape index (κ2) is 6.04. The van der Waals surface area contributed by atoms with Crippen molar-refractivity contribution in [3.05, 3.63) is 42.0 Å². The van der Waals surface area contributed by atoms with E-state index < -0.39 is 9.84 Å². The average Bonchev–Trinajstić information content (AvgIpc) is 3.17. The first kappa shape index (κ1) is 15.5. The lowest BCUT2D eigenvalue weighted by Crippen LogP contribution is -2.18. The summed E-state index contributed by atoms with van der Waals surface area (Å²) in [5, 5.41) is 6.84. The zero-order valence-electron chi connectivity index (χ0n) is 12.6. The Kier molecular flexibility index (Phi) is 4.08. The second-order valence-corrected chi connectivity index (χ2v) is 7.72. The normalized spacial score (nSPS) is 20.1. The summed E-state index contributed by atoms with van der Waals surface area (Å²) in [6.07, 6.45) is 4.98. The number of furan rings is 1. The topological polar surface area (TPSA) is 94.2 Å². The van der Waals surface area contributed by atoms with Gasteiger partial charge in [-0.1, -0.05) is 0 Å². The molecule has 0 spiro atoms. The fourth-order valence-electron chi connectivity index (χ4n) is 2.54. The Labute approximate surface area is 133 Å². The van der Waals surface area contributed by atoms with Crippen LogP contribution >= 0.6 is 0 Å². The molecule has 2 aromatic heterocycles. The van der Waals surface area contributed by atoms with E-state index in [4.69, 9.17) is 4.42 Å². The highest BCUT2D eigenvalue weighted by atomic mass is 32.2. The molecule has 0 saturated carbocycles. The maximum atomic E-state index is 12.0. The minimum atomic E-state index is -3.01. The molecule has 8 heteroatoms. The fraction of sp³-hybridized carbons (Fsp3) is 0.333. The number of aromatic nitrogens is 2. The van der Waals surface area contributed by atoms with Crippen molar-refractivity contribution in [2.45, 2.75) is 19.4 Å². The maximum Gasteiger partial charge on any atom is 0.249 e. The van der Waals surface area contributed by atoms with Gasteiger partial charge in [0.05, 0.1) is 23.7 Å². The number of amides is 1. The molecule has 1 N–H and O–H groups in total. The van der Waals surface area contributed by atoms with E-state index in [0.717, 1.165) is 5.76 Å². The highest BCUT2D eigenvalue weighted by Crippen LogP contribution is 2.26. The van der Waals surface area contributed by atoms with Crippen LogP contribution in [0.5, 0.6) is 0 Å².